The fourth-order valence-corrected chi connectivity index (χ4v) is 3.77. The Labute approximate surface area is 136 Å². The van der Waals surface area contributed by atoms with E-state index in [0.29, 0.717) is 11.5 Å². The molecule has 4 rings (SSSR count). The molecule has 0 radical (unpaired) electrons. The Morgan fingerprint density at radius 2 is 1.78 bits per heavy atom. The zero-order valence-corrected chi connectivity index (χ0v) is 13.2. The van der Waals surface area contributed by atoms with Gasteiger partial charge in [-0.2, -0.15) is 0 Å². The van der Waals surface area contributed by atoms with Crippen molar-refractivity contribution in [2.75, 3.05) is 6.61 Å². The molecule has 2 aromatic carbocycles. The van der Waals surface area contributed by atoms with E-state index in [2.05, 4.69) is 0 Å². The van der Waals surface area contributed by atoms with Crippen LogP contribution in [0.5, 0.6) is 0 Å². The van der Waals surface area contributed by atoms with Gasteiger partial charge in [0.15, 0.2) is 0 Å². The molecule has 0 spiro atoms. The van der Waals surface area contributed by atoms with Crippen molar-refractivity contribution < 1.29 is 14.3 Å². The second-order valence-corrected chi connectivity index (χ2v) is 6.67. The summed E-state index contributed by atoms with van der Waals surface area (Å²) in [6.07, 6.45) is 6.09. The van der Waals surface area contributed by atoms with E-state index < -0.39 is 0 Å². The Hall–Kier alpha value is -1.87. The lowest BCUT2D eigenvalue weighted by Crippen LogP contribution is -2.33. The van der Waals surface area contributed by atoms with Crippen LogP contribution in [0.25, 0.3) is 10.8 Å². The number of carbonyl (C=O) groups excluding carboxylic acids is 1. The van der Waals surface area contributed by atoms with Gasteiger partial charge in [0.05, 0.1) is 12.2 Å². The first-order valence-electron chi connectivity index (χ1n) is 8.63. The van der Waals surface area contributed by atoms with Crippen LogP contribution in [0.15, 0.2) is 42.5 Å². The normalized spacial score (nSPS) is 22.7. The fraction of sp³-hybridized carbons (Fsp3) is 0.450. The van der Waals surface area contributed by atoms with Crippen LogP contribution in [0.2, 0.25) is 0 Å². The van der Waals surface area contributed by atoms with Crippen molar-refractivity contribution in [1.82, 2.24) is 0 Å². The molecule has 23 heavy (non-hydrogen) atoms. The molecule has 1 saturated heterocycles. The summed E-state index contributed by atoms with van der Waals surface area (Å²) in [5.41, 5.74) is 0.657. The van der Waals surface area contributed by atoms with Crippen molar-refractivity contribution in [2.24, 2.45) is 5.92 Å². The Morgan fingerprint density at radius 3 is 2.57 bits per heavy atom. The van der Waals surface area contributed by atoms with Gasteiger partial charge in [0, 0.05) is 0 Å². The minimum atomic E-state index is -0.215. The largest absolute Gasteiger partial charge is 0.456 e. The maximum Gasteiger partial charge on any atom is 0.339 e. The molecule has 2 atom stereocenters. The van der Waals surface area contributed by atoms with E-state index in [4.69, 9.17) is 9.47 Å². The second-order valence-electron chi connectivity index (χ2n) is 6.67. The maximum absolute atomic E-state index is 12.8. The van der Waals surface area contributed by atoms with E-state index in [1.807, 2.05) is 42.5 Å². The minimum absolute atomic E-state index is 0.0817. The highest BCUT2D eigenvalue weighted by atomic mass is 16.6. The van der Waals surface area contributed by atoms with E-state index in [0.717, 1.165) is 30.2 Å². The molecular weight excluding hydrogens is 288 g/mol. The molecule has 0 bridgehead atoms. The van der Waals surface area contributed by atoms with Crippen molar-refractivity contribution in [1.29, 1.82) is 0 Å². The van der Waals surface area contributed by atoms with Gasteiger partial charge in [0.25, 0.3) is 0 Å². The van der Waals surface area contributed by atoms with Crippen LogP contribution in [0, 0.1) is 5.92 Å². The molecule has 2 fully saturated rings. The topological polar surface area (TPSA) is 38.8 Å². The van der Waals surface area contributed by atoms with Crippen molar-refractivity contribution in [3.63, 3.8) is 0 Å². The molecule has 0 N–H and O–H groups in total. The van der Waals surface area contributed by atoms with E-state index in [1.165, 1.54) is 19.3 Å². The van der Waals surface area contributed by atoms with Gasteiger partial charge in [-0.1, -0.05) is 55.7 Å². The Balaban J connectivity index is 1.57. The fourth-order valence-electron chi connectivity index (χ4n) is 3.77. The molecule has 3 nitrogen and oxygen atoms in total. The highest BCUT2D eigenvalue weighted by Gasteiger charge is 2.41. The lowest BCUT2D eigenvalue weighted by Gasteiger charge is -2.29. The SMILES string of the molecule is O=C(OC(C1CCCCC1)C1CO1)c1cccc2ccccc12. The molecule has 1 aliphatic heterocycles. The summed E-state index contributed by atoms with van der Waals surface area (Å²) >= 11 is 0. The van der Waals surface area contributed by atoms with Crippen LogP contribution in [-0.4, -0.2) is 24.8 Å². The number of ether oxygens (including phenoxy) is 2. The summed E-state index contributed by atoms with van der Waals surface area (Å²) in [6.45, 7) is 0.726. The molecule has 2 aromatic rings. The van der Waals surface area contributed by atoms with E-state index >= 15 is 0 Å². The molecule has 1 aliphatic carbocycles. The third kappa shape index (κ3) is 3.11. The van der Waals surface area contributed by atoms with Gasteiger partial charge in [-0.3, -0.25) is 0 Å². The average Bonchev–Trinajstić information content (AvgIpc) is 3.44. The van der Waals surface area contributed by atoms with Gasteiger partial charge >= 0.3 is 5.97 Å². The Kier molecular flexibility index (Phi) is 4.04. The van der Waals surface area contributed by atoms with Gasteiger partial charge in [-0.15, -0.1) is 0 Å². The van der Waals surface area contributed by atoms with Crippen molar-refractivity contribution in [3.05, 3.63) is 48.0 Å². The first kappa shape index (κ1) is 14.7. The molecule has 2 unspecified atom stereocenters. The standard InChI is InChI=1S/C20H22O3/c21-20(17-12-6-10-14-7-4-5-11-16(14)17)23-19(18-13-22-18)15-8-2-1-3-9-15/h4-7,10-12,15,18-19H,1-3,8-9,13H2. The highest BCUT2D eigenvalue weighted by molar-refractivity contribution is 6.04. The summed E-state index contributed by atoms with van der Waals surface area (Å²) in [4.78, 5) is 12.8. The smallest absolute Gasteiger partial charge is 0.339 e. The number of hydrogen-bond acceptors (Lipinski definition) is 3. The minimum Gasteiger partial charge on any atom is -0.456 e. The number of benzene rings is 2. The van der Waals surface area contributed by atoms with Crippen molar-refractivity contribution in [2.45, 2.75) is 44.3 Å². The van der Waals surface area contributed by atoms with Gasteiger partial charge in [-0.25, -0.2) is 4.79 Å². The molecule has 3 heteroatoms. The molecule has 0 aromatic heterocycles. The molecule has 1 heterocycles. The van der Waals surface area contributed by atoms with Crippen LogP contribution in [0.3, 0.4) is 0 Å². The van der Waals surface area contributed by atoms with Crippen molar-refractivity contribution in [3.8, 4) is 0 Å². The molecule has 0 amide bonds. The van der Waals surface area contributed by atoms with E-state index in [-0.39, 0.29) is 18.2 Å². The van der Waals surface area contributed by atoms with Gasteiger partial charge in [-0.05, 0) is 35.6 Å². The number of hydrogen-bond donors (Lipinski definition) is 0. The van der Waals surface area contributed by atoms with Crippen LogP contribution in [0.1, 0.15) is 42.5 Å². The third-order valence-corrected chi connectivity index (χ3v) is 5.09. The quantitative estimate of drug-likeness (QED) is 0.622. The van der Waals surface area contributed by atoms with Crippen LogP contribution in [-0.2, 0) is 9.47 Å². The molecule has 2 aliphatic rings. The van der Waals surface area contributed by atoms with Crippen molar-refractivity contribution >= 4 is 16.7 Å². The van der Waals surface area contributed by atoms with E-state index in [1.54, 1.807) is 0 Å². The third-order valence-electron chi connectivity index (χ3n) is 5.09. The molecule has 120 valence electrons. The predicted molar refractivity (Wildman–Crippen MR) is 89.5 cm³/mol. The van der Waals surface area contributed by atoms with Gasteiger partial charge < -0.3 is 9.47 Å². The lowest BCUT2D eigenvalue weighted by atomic mass is 9.84. The van der Waals surface area contributed by atoms with Crippen LogP contribution >= 0.6 is 0 Å². The number of esters is 1. The molecular formula is C20H22O3. The van der Waals surface area contributed by atoms with Gasteiger partial charge in [0.2, 0.25) is 0 Å². The van der Waals surface area contributed by atoms with Crippen LogP contribution < -0.4 is 0 Å². The Morgan fingerprint density at radius 1 is 1.04 bits per heavy atom. The number of fused-ring (bicyclic) bond motifs is 1. The zero-order chi connectivity index (χ0) is 15.6. The summed E-state index contributed by atoms with van der Waals surface area (Å²) in [7, 11) is 0. The first-order chi connectivity index (χ1) is 11.3. The predicted octanol–water partition coefficient (Wildman–Crippen LogP) is 4.34. The highest BCUT2D eigenvalue weighted by Crippen LogP contribution is 2.34. The summed E-state index contributed by atoms with van der Waals surface area (Å²) in [6, 6.07) is 13.7. The van der Waals surface area contributed by atoms with Gasteiger partial charge in [0.1, 0.15) is 12.2 Å². The summed E-state index contributed by atoms with van der Waals surface area (Å²) < 4.78 is 11.4. The average molecular weight is 310 g/mol. The monoisotopic (exact) mass is 310 g/mol. The lowest BCUT2D eigenvalue weighted by molar-refractivity contribution is -0.00223. The first-order valence-corrected chi connectivity index (χ1v) is 8.63. The molecule has 1 saturated carbocycles. The number of rotatable bonds is 4. The zero-order valence-electron chi connectivity index (χ0n) is 13.2. The summed E-state index contributed by atoms with van der Waals surface area (Å²) in [5, 5.41) is 2.03. The van der Waals surface area contributed by atoms with E-state index in [9.17, 15) is 4.79 Å². The Bertz CT molecular complexity index is 694. The maximum atomic E-state index is 12.8. The van der Waals surface area contributed by atoms with Crippen LogP contribution in [0.4, 0.5) is 0 Å². The second kappa shape index (κ2) is 6.32. The summed E-state index contributed by atoms with van der Waals surface area (Å²) in [5.74, 6) is 0.239. The number of epoxide rings is 1. The number of carbonyl (C=O) groups is 1.